The van der Waals surface area contributed by atoms with E-state index in [9.17, 15) is 14.4 Å². The fourth-order valence-electron chi connectivity index (χ4n) is 7.93. The Kier molecular flexibility index (Phi) is 9.52. The zero-order valence-corrected chi connectivity index (χ0v) is 30.9. The molecule has 5 aliphatic rings. The lowest BCUT2D eigenvalue weighted by molar-refractivity contribution is -0.199. The first kappa shape index (κ1) is 36.2. The topological polar surface area (TPSA) is 123 Å². The number of rotatable bonds is 9. The summed E-state index contributed by atoms with van der Waals surface area (Å²) < 4.78 is 36.7. The van der Waals surface area contributed by atoms with E-state index >= 15 is 0 Å². The summed E-state index contributed by atoms with van der Waals surface area (Å²) in [5, 5.41) is 0. The van der Waals surface area contributed by atoms with Crippen LogP contribution in [0.2, 0.25) is 6.32 Å². The molecule has 3 aliphatic carbocycles. The lowest BCUT2D eigenvalue weighted by Gasteiger charge is -2.64. The predicted octanol–water partition coefficient (Wildman–Crippen LogP) is 6.45. The van der Waals surface area contributed by atoms with E-state index in [-0.39, 0.29) is 52.6 Å². The van der Waals surface area contributed by atoms with Crippen LogP contribution in [-0.4, -0.2) is 77.1 Å². The minimum atomic E-state index is -0.953. The number of hydrogen-bond acceptors (Lipinski definition) is 10. The molecule has 4 atom stereocenters. The van der Waals surface area contributed by atoms with Gasteiger partial charge in [-0.05, 0) is 121 Å². The van der Waals surface area contributed by atoms with Crippen molar-refractivity contribution in [3.05, 3.63) is 53.3 Å². The Balaban J connectivity index is 1.23. The maximum atomic E-state index is 13.9. The number of esters is 1. The Morgan fingerprint density at radius 2 is 1.64 bits per heavy atom. The molecule has 1 aromatic carbocycles. The van der Waals surface area contributed by atoms with Crippen LogP contribution in [0.3, 0.4) is 0 Å². The minimum Gasteiger partial charge on any atom is -0.486 e. The third-order valence-electron chi connectivity index (χ3n) is 10.6. The zero-order valence-electron chi connectivity index (χ0n) is 30.9. The first-order valence-electron chi connectivity index (χ1n) is 17.8. The summed E-state index contributed by atoms with van der Waals surface area (Å²) in [6.45, 7) is 18.0. The molecule has 3 heterocycles. The lowest BCUT2D eigenvalue weighted by Crippen LogP contribution is -2.65. The highest BCUT2D eigenvalue weighted by Crippen LogP contribution is 2.65. The molecule has 7 rings (SSSR count). The van der Waals surface area contributed by atoms with Crippen molar-refractivity contribution in [1.29, 1.82) is 0 Å². The van der Waals surface area contributed by atoms with E-state index in [1.54, 1.807) is 71.0 Å². The second-order valence-corrected chi connectivity index (χ2v) is 17.0. The van der Waals surface area contributed by atoms with Gasteiger partial charge in [-0.1, -0.05) is 19.9 Å². The van der Waals surface area contributed by atoms with Crippen LogP contribution in [0.1, 0.15) is 96.6 Å². The van der Waals surface area contributed by atoms with Gasteiger partial charge in [-0.25, -0.2) is 9.59 Å². The average molecular weight is 691 g/mol. The van der Waals surface area contributed by atoms with Crippen molar-refractivity contribution >= 4 is 25.2 Å². The number of pyridine rings is 1. The van der Waals surface area contributed by atoms with E-state index in [1.165, 1.54) is 0 Å². The van der Waals surface area contributed by atoms with Gasteiger partial charge in [-0.3, -0.25) is 9.78 Å². The van der Waals surface area contributed by atoms with Gasteiger partial charge in [0.2, 0.25) is 5.91 Å². The molecule has 2 bridgehead atoms. The summed E-state index contributed by atoms with van der Waals surface area (Å²) in [6, 6.07) is 7.12. The smallest absolute Gasteiger partial charge is 0.486 e. The first-order valence-corrected chi connectivity index (χ1v) is 17.8. The number of carbonyl (C=O) groups is 3. The maximum Gasteiger partial charge on any atom is 0.514 e. The number of aryl methyl sites for hydroxylation is 1. The highest BCUT2D eigenvalue weighted by atomic mass is 16.7. The van der Waals surface area contributed by atoms with Gasteiger partial charge in [0.25, 0.3) is 0 Å². The number of amides is 1. The molecule has 2 saturated heterocycles. The molecule has 0 N–H and O–H groups in total. The van der Waals surface area contributed by atoms with Crippen LogP contribution in [-0.2, 0) is 36.4 Å². The maximum absolute atomic E-state index is 13.9. The number of carbonyl (C=O) groups excluding carboxylic acids is 3. The quantitative estimate of drug-likeness (QED) is 0.165. The second kappa shape index (κ2) is 13.2. The van der Waals surface area contributed by atoms with Crippen molar-refractivity contribution in [3.8, 4) is 11.5 Å². The lowest BCUT2D eigenvalue weighted by atomic mass is 9.43. The van der Waals surface area contributed by atoms with E-state index in [0.717, 1.165) is 18.4 Å². The van der Waals surface area contributed by atoms with Gasteiger partial charge < -0.3 is 33.2 Å². The SMILES string of the molecule is CC(C)(C)OC(=O)Oc1c(CCB2O[C@@H]3C[C@@H]4C[C@@H](C4(C)C)[C@]3(C)O2)ccc(OC2CN(C(=O)Cc3ccncc3)C2)c1C(=O)OC(C)(C)C. The van der Waals surface area contributed by atoms with Gasteiger partial charge in [0.1, 0.15) is 28.6 Å². The highest BCUT2D eigenvalue weighted by molar-refractivity contribution is 6.45. The predicted molar refractivity (Wildman–Crippen MR) is 186 cm³/mol. The monoisotopic (exact) mass is 690 g/mol. The second-order valence-electron chi connectivity index (χ2n) is 17.0. The molecule has 0 spiro atoms. The van der Waals surface area contributed by atoms with E-state index in [2.05, 4.69) is 25.8 Å². The van der Waals surface area contributed by atoms with E-state index < -0.39 is 30.4 Å². The van der Waals surface area contributed by atoms with Gasteiger partial charge in [-0.2, -0.15) is 0 Å². The van der Waals surface area contributed by atoms with Crippen molar-refractivity contribution in [1.82, 2.24) is 9.88 Å². The van der Waals surface area contributed by atoms with Crippen LogP contribution in [0.5, 0.6) is 11.5 Å². The molecule has 0 radical (unpaired) electrons. The van der Waals surface area contributed by atoms with Crippen LogP contribution < -0.4 is 9.47 Å². The Morgan fingerprint density at radius 1 is 0.960 bits per heavy atom. The van der Waals surface area contributed by atoms with Crippen LogP contribution in [0.4, 0.5) is 4.79 Å². The Bertz CT molecular complexity index is 1610. The zero-order chi connectivity index (χ0) is 36.2. The first-order chi connectivity index (χ1) is 23.3. The molecule has 270 valence electrons. The fourth-order valence-corrected chi connectivity index (χ4v) is 7.93. The number of hydrogen-bond donors (Lipinski definition) is 0. The Labute approximate surface area is 295 Å². The van der Waals surface area contributed by atoms with E-state index in [4.69, 9.17) is 28.3 Å². The van der Waals surface area contributed by atoms with Gasteiger partial charge in [0, 0.05) is 12.4 Å². The third kappa shape index (κ3) is 7.51. The Hall–Kier alpha value is -3.64. The molecule has 1 aromatic heterocycles. The summed E-state index contributed by atoms with van der Waals surface area (Å²) >= 11 is 0. The van der Waals surface area contributed by atoms with Crippen molar-refractivity contribution in [2.75, 3.05) is 13.1 Å². The van der Waals surface area contributed by atoms with E-state index in [0.29, 0.717) is 43.2 Å². The van der Waals surface area contributed by atoms with Gasteiger partial charge in [0.05, 0.1) is 31.2 Å². The molecule has 1 amide bonds. The van der Waals surface area contributed by atoms with Crippen molar-refractivity contribution in [2.45, 2.75) is 123 Å². The molecular weight excluding hydrogens is 639 g/mol. The van der Waals surface area contributed by atoms with Crippen LogP contribution in [0.25, 0.3) is 0 Å². The van der Waals surface area contributed by atoms with E-state index in [1.807, 2.05) is 12.1 Å². The molecule has 12 heteroatoms. The van der Waals surface area contributed by atoms with Crippen LogP contribution in [0.15, 0.2) is 36.7 Å². The summed E-state index contributed by atoms with van der Waals surface area (Å²) in [5.41, 5.74) is -0.352. The van der Waals surface area contributed by atoms with Crippen LogP contribution >= 0.6 is 0 Å². The highest BCUT2D eigenvalue weighted by Gasteiger charge is 2.67. The molecule has 3 saturated carbocycles. The average Bonchev–Trinajstić information content (AvgIpc) is 3.32. The number of nitrogens with zero attached hydrogens (tertiary/aromatic N) is 2. The molecule has 50 heavy (non-hydrogen) atoms. The third-order valence-corrected chi connectivity index (χ3v) is 10.6. The molecule has 2 aromatic rings. The van der Waals surface area contributed by atoms with Gasteiger partial charge >= 0.3 is 19.2 Å². The summed E-state index contributed by atoms with van der Waals surface area (Å²) in [7, 11) is -0.443. The molecule has 11 nitrogen and oxygen atoms in total. The summed E-state index contributed by atoms with van der Waals surface area (Å²) in [5.74, 6) is 0.541. The number of aromatic nitrogens is 1. The Morgan fingerprint density at radius 3 is 2.28 bits per heavy atom. The van der Waals surface area contributed by atoms with Crippen LogP contribution in [0, 0.1) is 17.3 Å². The van der Waals surface area contributed by atoms with Crippen molar-refractivity contribution < 1.29 is 42.6 Å². The number of benzene rings is 1. The van der Waals surface area contributed by atoms with Gasteiger partial charge in [0.15, 0.2) is 5.75 Å². The molecule has 2 aliphatic heterocycles. The van der Waals surface area contributed by atoms with Gasteiger partial charge in [-0.15, -0.1) is 0 Å². The fraction of sp³-hybridized carbons (Fsp3) is 0.632. The summed E-state index contributed by atoms with van der Waals surface area (Å²) in [4.78, 5) is 45.6. The van der Waals surface area contributed by atoms with Crippen molar-refractivity contribution in [3.63, 3.8) is 0 Å². The number of likely N-dealkylation sites (tertiary alicyclic amines) is 1. The molecule has 0 unspecified atom stereocenters. The number of ether oxygens (including phenoxy) is 4. The minimum absolute atomic E-state index is 0.0127. The standard InChI is InChI=1S/C38H51BN2O9/c1-35(2,3)47-33(43)31-27(45-26-21-41(22-26)30(42)18-23-13-16-40-17-14-23)11-10-24(32(31)46-34(44)48-36(4,5)6)12-15-39-49-29-20-25-19-28(37(25,7)8)38(29,9)50-39/h10-11,13-14,16-17,25-26,28-29H,12,15,18-22H2,1-9H3/t25-,28-,29+,38-/m0/s1. The largest absolute Gasteiger partial charge is 0.514 e. The molecular formula is C38H51BN2O9. The summed E-state index contributed by atoms with van der Waals surface area (Å²) in [6.07, 6.45) is 5.29. The van der Waals surface area contributed by atoms with Crippen molar-refractivity contribution in [2.24, 2.45) is 17.3 Å². The molecule has 5 fully saturated rings. The normalized spacial score (nSPS) is 25.6.